The number of benzene rings is 1. The number of nitrogens with one attached hydrogen (secondary N) is 1. The summed E-state index contributed by atoms with van der Waals surface area (Å²) in [5.74, 6) is 1.51. The minimum Gasteiger partial charge on any atom is -0.317 e. The fourth-order valence-corrected chi connectivity index (χ4v) is 3.83. The van der Waals surface area contributed by atoms with E-state index in [4.69, 9.17) is 0 Å². The van der Waals surface area contributed by atoms with Gasteiger partial charge >= 0.3 is 0 Å². The lowest BCUT2D eigenvalue weighted by molar-refractivity contribution is 0.160. The molecule has 1 aromatic rings. The smallest absolute Gasteiger partial charge is 0.00148 e. The molecule has 1 aliphatic rings. The van der Waals surface area contributed by atoms with Crippen molar-refractivity contribution in [1.29, 1.82) is 0 Å². The van der Waals surface area contributed by atoms with Crippen LogP contribution < -0.4 is 5.32 Å². The van der Waals surface area contributed by atoms with E-state index in [1.54, 1.807) is 5.56 Å². The van der Waals surface area contributed by atoms with Gasteiger partial charge in [0.25, 0.3) is 0 Å². The van der Waals surface area contributed by atoms with Crippen molar-refractivity contribution in [3.05, 3.63) is 34.9 Å². The largest absolute Gasteiger partial charge is 0.317 e. The first-order valence-corrected chi connectivity index (χ1v) is 8.20. The van der Waals surface area contributed by atoms with Gasteiger partial charge in [0.05, 0.1) is 0 Å². The molecule has 0 radical (unpaired) electrons. The van der Waals surface area contributed by atoms with E-state index in [0.29, 0.717) is 5.41 Å². The standard InChI is InChI=1S/C19H31N/c1-6-20-13-16-7-8-19(4,5)12-18(16)17-10-14(2)9-15(3)11-17/h9-11,16,18,20H,6-8,12-13H2,1-5H3. The summed E-state index contributed by atoms with van der Waals surface area (Å²) in [6, 6.07) is 7.12. The summed E-state index contributed by atoms with van der Waals surface area (Å²) >= 11 is 0. The first-order chi connectivity index (χ1) is 9.41. The molecule has 2 atom stereocenters. The fraction of sp³-hybridized carbons (Fsp3) is 0.684. The van der Waals surface area contributed by atoms with Crippen molar-refractivity contribution in [2.45, 2.75) is 59.8 Å². The minimum atomic E-state index is 0.491. The summed E-state index contributed by atoms with van der Waals surface area (Å²) in [6.07, 6.45) is 4.05. The van der Waals surface area contributed by atoms with Crippen molar-refractivity contribution in [3.63, 3.8) is 0 Å². The van der Waals surface area contributed by atoms with E-state index < -0.39 is 0 Å². The van der Waals surface area contributed by atoms with Crippen LogP contribution in [0.25, 0.3) is 0 Å². The lowest BCUT2D eigenvalue weighted by atomic mass is 9.65. The molecule has 2 unspecified atom stereocenters. The lowest BCUT2D eigenvalue weighted by Crippen LogP contribution is -2.34. The van der Waals surface area contributed by atoms with E-state index in [1.165, 1.54) is 36.9 Å². The summed E-state index contributed by atoms with van der Waals surface area (Å²) in [7, 11) is 0. The van der Waals surface area contributed by atoms with Gasteiger partial charge in [0.15, 0.2) is 0 Å². The van der Waals surface area contributed by atoms with Crippen LogP contribution in [0.3, 0.4) is 0 Å². The molecule has 1 fully saturated rings. The molecule has 0 heterocycles. The van der Waals surface area contributed by atoms with Gasteiger partial charge in [-0.1, -0.05) is 50.1 Å². The summed E-state index contributed by atoms with van der Waals surface area (Å²) in [6.45, 7) is 13.8. The summed E-state index contributed by atoms with van der Waals surface area (Å²) in [5, 5.41) is 3.57. The third-order valence-electron chi connectivity index (χ3n) is 4.86. The Labute approximate surface area is 125 Å². The van der Waals surface area contributed by atoms with Crippen LogP contribution in [0, 0.1) is 25.2 Å². The second-order valence-corrected chi connectivity index (χ2v) is 7.50. The van der Waals surface area contributed by atoms with E-state index in [2.05, 4.69) is 58.1 Å². The molecule has 1 aromatic carbocycles. The van der Waals surface area contributed by atoms with Crippen LogP contribution >= 0.6 is 0 Å². The minimum absolute atomic E-state index is 0.491. The van der Waals surface area contributed by atoms with Gasteiger partial charge in [0.1, 0.15) is 0 Å². The zero-order chi connectivity index (χ0) is 14.8. The SMILES string of the molecule is CCNCC1CCC(C)(C)CC1c1cc(C)cc(C)c1. The van der Waals surface area contributed by atoms with Gasteiger partial charge in [-0.25, -0.2) is 0 Å². The van der Waals surface area contributed by atoms with Crippen LogP contribution in [0.4, 0.5) is 0 Å². The molecular formula is C19H31N. The predicted octanol–water partition coefficient (Wildman–Crippen LogP) is 4.82. The van der Waals surface area contributed by atoms with Crippen LogP contribution in [0.5, 0.6) is 0 Å². The van der Waals surface area contributed by atoms with Crippen molar-refractivity contribution < 1.29 is 0 Å². The van der Waals surface area contributed by atoms with Crippen molar-refractivity contribution in [2.75, 3.05) is 13.1 Å². The number of hydrogen-bond donors (Lipinski definition) is 1. The maximum absolute atomic E-state index is 3.57. The Morgan fingerprint density at radius 2 is 1.80 bits per heavy atom. The van der Waals surface area contributed by atoms with Crippen molar-refractivity contribution >= 4 is 0 Å². The van der Waals surface area contributed by atoms with Crippen molar-refractivity contribution in [2.24, 2.45) is 11.3 Å². The number of rotatable bonds is 4. The Balaban J connectivity index is 2.25. The van der Waals surface area contributed by atoms with Crippen LogP contribution in [0.2, 0.25) is 0 Å². The van der Waals surface area contributed by atoms with Gasteiger partial charge in [0.2, 0.25) is 0 Å². The normalized spacial score (nSPS) is 25.6. The molecule has 0 bridgehead atoms. The van der Waals surface area contributed by atoms with Crippen molar-refractivity contribution in [3.8, 4) is 0 Å². The van der Waals surface area contributed by atoms with E-state index in [-0.39, 0.29) is 0 Å². The van der Waals surface area contributed by atoms with Gasteiger partial charge in [-0.3, -0.25) is 0 Å². The molecule has 1 nitrogen and oxygen atoms in total. The zero-order valence-electron chi connectivity index (χ0n) is 13.9. The second-order valence-electron chi connectivity index (χ2n) is 7.50. The maximum Gasteiger partial charge on any atom is -0.00148 e. The van der Waals surface area contributed by atoms with Crippen LogP contribution in [0.1, 0.15) is 62.6 Å². The molecule has 112 valence electrons. The highest BCUT2D eigenvalue weighted by Crippen LogP contribution is 2.46. The van der Waals surface area contributed by atoms with E-state index in [1.807, 2.05) is 0 Å². The summed E-state index contributed by atoms with van der Waals surface area (Å²) < 4.78 is 0. The van der Waals surface area contributed by atoms with Crippen molar-refractivity contribution in [1.82, 2.24) is 5.32 Å². The van der Waals surface area contributed by atoms with E-state index in [0.717, 1.165) is 18.4 Å². The molecule has 20 heavy (non-hydrogen) atoms. The number of hydrogen-bond acceptors (Lipinski definition) is 1. The Morgan fingerprint density at radius 1 is 1.15 bits per heavy atom. The van der Waals surface area contributed by atoms with Crippen LogP contribution in [-0.4, -0.2) is 13.1 Å². The van der Waals surface area contributed by atoms with Gasteiger partial charge in [-0.2, -0.15) is 0 Å². The zero-order valence-corrected chi connectivity index (χ0v) is 13.9. The molecule has 1 saturated carbocycles. The first kappa shape index (κ1) is 15.6. The molecule has 1 aliphatic carbocycles. The Hall–Kier alpha value is -0.820. The maximum atomic E-state index is 3.57. The third kappa shape index (κ3) is 3.85. The average Bonchev–Trinajstić information content (AvgIpc) is 2.35. The predicted molar refractivity (Wildman–Crippen MR) is 88.3 cm³/mol. The molecule has 0 aromatic heterocycles. The first-order valence-electron chi connectivity index (χ1n) is 8.20. The molecule has 1 N–H and O–H groups in total. The Bertz CT molecular complexity index is 427. The molecule has 2 rings (SSSR count). The second kappa shape index (κ2) is 6.30. The molecule has 0 aliphatic heterocycles. The Morgan fingerprint density at radius 3 is 2.40 bits per heavy atom. The van der Waals surface area contributed by atoms with E-state index in [9.17, 15) is 0 Å². The molecular weight excluding hydrogens is 242 g/mol. The van der Waals surface area contributed by atoms with Crippen LogP contribution in [-0.2, 0) is 0 Å². The fourth-order valence-electron chi connectivity index (χ4n) is 3.83. The van der Waals surface area contributed by atoms with E-state index >= 15 is 0 Å². The highest BCUT2D eigenvalue weighted by Gasteiger charge is 2.35. The number of aryl methyl sites for hydroxylation is 2. The monoisotopic (exact) mass is 273 g/mol. The topological polar surface area (TPSA) is 12.0 Å². The van der Waals surface area contributed by atoms with Crippen LogP contribution in [0.15, 0.2) is 18.2 Å². The van der Waals surface area contributed by atoms with Gasteiger partial charge in [-0.15, -0.1) is 0 Å². The molecule has 0 spiro atoms. The quantitative estimate of drug-likeness (QED) is 0.829. The van der Waals surface area contributed by atoms with Gasteiger partial charge in [0, 0.05) is 0 Å². The average molecular weight is 273 g/mol. The summed E-state index contributed by atoms with van der Waals surface area (Å²) in [4.78, 5) is 0. The Kier molecular flexibility index (Phi) is 4.90. The molecule has 1 heteroatoms. The van der Waals surface area contributed by atoms with Gasteiger partial charge in [-0.05, 0) is 69.0 Å². The summed E-state index contributed by atoms with van der Waals surface area (Å²) in [5.41, 5.74) is 4.87. The molecule has 0 amide bonds. The van der Waals surface area contributed by atoms with Gasteiger partial charge < -0.3 is 5.32 Å². The molecule has 0 saturated heterocycles. The lowest BCUT2D eigenvalue weighted by Gasteiger charge is -2.41. The third-order valence-corrected chi connectivity index (χ3v) is 4.86. The highest BCUT2D eigenvalue weighted by molar-refractivity contribution is 5.32. The highest BCUT2D eigenvalue weighted by atomic mass is 14.8.